The molecule has 0 saturated carbocycles. The van der Waals surface area contributed by atoms with Gasteiger partial charge in [0.2, 0.25) is 5.91 Å². The van der Waals surface area contributed by atoms with Crippen molar-refractivity contribution in [3.05, 3.63) is 47.8 Å². The van der Waals surface area contributed by atoms with E-state index in [-0.39, 0.29) is 17.3 Å². The molecule has 2 aromatic carbocycles. The number of nitrogen functional groups attached to an aromatic ring is 1. The molecular formula is C17H18FN3O3. The van der Waals surface area contributed by atoms with Crippen LogP contribution in [0, 0.1) is 5.82 Å². The van der Waals surface area contributed by atoms with Crippen molar-refractivity contribution in [3.8, 4) is 5.75 Å². The van der Waals surface area contributed by atoms with Crippen molar-refractivity contribution in [2.45, 2.75) is 13.3 Å². The third kappa shape index (κ3) is 4.01. The molecule has 2 aromatic rings. The maximum absolute atomic E-state index is 13.4. The van der Waals surface area contributed by atoms with Crippen LogP contribution in [-0.4, -0.2) is 18.9 Å². The van der Waals surface area contributed by atoms with E-state index >= 15 is 0 Å². The predicted molar refractivity (Wildman–Crippen MR) is 90.7 cm³/mol. The molecule has 0 atom stereocenters. The summed E-state index contributed by atoms with van der Waals surface area (Å²) < 4.78 is 18.6. The fraction of sp³-hybridized carbons (Fsp3) is 0.176. The predicted octanol–water partition coefficient (Wildman–Crippen LogP) is 3.02. The number of carbonyl (C=O) groups is 2. The molecule has 0 heterocycles. The summed E-state index contributed by atoms with van der Waals surface area (Å²) in [6, 6.07) is 8.62. The Hall–Kier alpha value is -3.09. The minimum absolute atomic E-state index is 0.00186. The maximum atomic E-state index is 13.4. The molecule has 0 aromatic heterocycles. The molecule has 24 heavy (non-hydrogen) atoms. The summed E-state index contributed by atoms with van der Waals surface area (Å²) in [7, 11) is 1.47. The van der Waals surface area contributed by atoms with Crippen LogP contribution in [0.15, 0.2) is 36.4 Å². The first-order valence-electron chi connectivity index (χ1n) is 7.29. The molecule has 0 aliphatic carbocycles. The number of nitrogens with one attached hydrogen (secondary N) is 2. The number of rotatable bonds is 5. The molecule has 0 fully saturated rings. The van der Waals surface area contributed by atoms with Gasteiger partial charge in [0, 0.05) is 17.7 Å². The largest absolute Gasteiger partial charge is 0.495 e. The summed E-state index contributed by atoms with van der Waals surface area (Å²) in [5.41, 5.74) is 6.36. The highest BCUT2D eigenvalue weighted by Gasteiger charge is 2.13. The van der Waals surface area contributed by atoms with E-state index in [9.17, 15) is 14.0 Å². The average Bonchev–Trinajstić information content (AvgIpc) is 2.58. The van der Waals surface area contributed by atoms with Crippen LogP contribution in [0.2, 0.25) is 0 Å². The monoisotopic (exact) mass is 331 g/mol. The number of carbonyl (C=O) groups excluding carboxylic acids is 2. The number of halogens is 1. The number of methoxy groups -OCH3 is 1. The first kappa shape index (κ1) is 17.3. The van der Waals surface area contributed by atoms with Gasteiger partial charge in [0.25, 0.3) is 5.91 Å². The second-order valence-electron chi connectivity index (χ2n) is 5.01. The molecule has 0 unspecified atom stereocenters. The van der Waals surface area contributed by atoms with Gasteiger partial charge in [-0.25, -0.2) is 4.39 Å². The zero-order chi connectivity index (χ0) is 17.7. The van der Waals surface area contributed by atoms with E-state index < -0.39 is 11.7 Å². The van der Waals surface area contributed by atoms with Gasteiger partial charge in [-0.3, -0.25) is 9.59 Å². The normalized spacial score (nSPS) is 10.1. The second kappa shape index (κ2) is 7.45. The number of ether oxygens (including phenoxy) is 1. The summed E-state index contributed by atoms with van der Waals surface area (Å²) >= 11 is 0. The van der Waals surface area contributed by atoms with Gasteiger partial charge in [-0.1, -0.05) is 6.92 Å². The van der Waals surface area contributed by atoms with Crippen LogP contribution in [0.5, 0.6) is 5.75 Å². The summed E-state index contributed by atoms with van der Waals surface area (Å²) in [6.07, 6.45) is 0.296. The minimum atomic E-state index is -0.613. The SMILES string of the molecule is CCC(=O)Nc1cc(C(=O)Nc2ccc(N)c(F)c2)ccc1OC. The lowest BCUT2D eigenvalue weighted by Gasteiger charge is -2.12. The van der Waals surface area contributed by atoms with Gasteiger partial charge in [-0.2, -0.15) is 0 Å². The quantitative estimate of drug-likeness (QED) is 0.734. The first-order chi connectivity index (χ1) is 11.4. The maximum Gasteiger partial charge on any atom is 0.255 e. The van der Waals surface area contributed by atoms with Crippen molar-refractivity contribution in [1.29, 1.82) is 0 Å². The Bertz CT molecular complexity index is 778. The zero-order valence-corrected chi connectivity index (χ0v) is 13.4. The van der Waals surface area contributed by atoms with Gasteiger partial charge in [0.15, 0.2) is 0 Å². The van der Waals surface area contributed by atoms with Crippen LogP contribution in [-0.2, 0) is 4.79 Å². The zero-order valence-electron chi connectivity index (χ0n) is 13.4. The number of benzene rings is 2. The van der Waals surface area contributed by atoms with E-state index in [0.717, 1.165) is 6.07 Å². The molecule has 0 aliphatic heterocycles. The smallest absolute Gasteiger partial charge is 0.255 e. The molecule has 2 amide bonds. The molecule has 6 nitrogen and oxygen atoms in total. The summed E-state index contributed by atoms with van der Waals surface area (Å²) in [6.45, 7) is 1.72. The highest BCUT2D eigenvalue weighted by atomic mass is 19.1. The van der Waals surface area contributed by atoms with Gasteiger partial charge in [0.1, 0.15) is 11.6 Å². The van der Waals surface area contributed by atoms with E-state index in [1.165, 1.54) is 25.3 Å². The highest BCUT2D eigenvalue weighted by Crippen LogP contribution is 2.26. The van der Waals surface area contributed by atoms with Crippen molar-refractivity contribution in [2.24, 2.45) is 0 Å². The fourth-order valence-electron chi connectivity index (χ4n) is 1.99. The van der Waals surface area contributed by atoms with E-state index in [1.807, 2.05) is 0 Å². The van der Waals surface area contributed by atoms with Crippen LogP contribution < -0.4 is 21.1 Å². The van der Waals surface area contributed by atoms with Crippen molar-refractivity contribution >= 4 is 28.9 Å². The Balaban J connectivity index is 2.23. The van der Waals surface area contributed by atoms with Crippen molar-refractivity contribution in [3.63, 3.8) is 0 Å². The molecule has 0 spiro atoms. The average molecular weight is 331 g/mol. The van der Waals surface area contributed by atoms with Crippen molar-refractivity contribution in [2.75, 3.05) is 23.5 Å². The number of hydrogen-bond acceptors (Lipinski definition) is 4. The number of amides is 2. The highest BCUT2D eigenvalue weighted by molar-refractivity contribution is 6.05. The van der Waals surface area contributed by atoms with E-state index in [1.54, 1.807) is 19.1 Å². The van der Waals surface area contributed by atoms with E-state index in [2.05, 4.69) is 10.6 Å². The van der Waals surface area contributed by atoms with Gasteiger partial charge in [-0.05, 0) is 36.4 Å². The van der Waals surface area contributed by atoms with Crippen molar-refractivity contribution in [1.82, 2.24) is 0 Å². The minimum Gasteiger partial charge on any atom is -0.495 e. The lowest BCUT2D eigenvalue weighted by atomic mass is 10.1. The lowest BCUT2D eigenvalue weighted by Crippen LogP contribution is -2.14. The number of anilines is 3. The standard InChI is InChI=1S/C17H18FN3O3/c1-3-16(22)21-14-8-10(4-7-15(14)24-2)17(23)20-11-5-6-13(19)12(18)9-11/h4-9H,3,19H2,1-2H3,(H,20,23)(H,21,22). The summed E-state index contributed by atoms with van der Waals surface area (Å²) in [5, 5.41) is 5.24. The number of nitrogens with two attached hydrogens (primary N) is 1. The lowest BCUT2D eigenvalue weighted by molar-refractivity contribution is -0.115. The molecule has 0 aliphatic rings. The molecular weight excluding hydrogens is 313 g/mol. The molecule has 2 rings (SSSR count). The van der Waals surface area contributed by atoms with Crippen molar-refractivity contribution < 1.29 is 18.7 Å². The Morgan fingerprint density at radius 2 is 1.92 bits per heavy atom. The van der Waals surface area contributed by atoms with Gasteiger partial charge < -0.3 is 21.1 Å². The topological polar surface area (TPSA) is 93.5 Å². The molecule has 0 bridgehead atoms. The van der Waals surface area contributed by atoms with Crippen LogP contribution >= 0.6 is 0 Å². The van der Waals surface area contributed by atoms with Crippen LogP contribution in [0.1, 0.15) is 23.7 Å². The Labute approximate surface area is 138 Å². The van der Waals surface area contributed by atoms with Crippen LogP contribution in [0.3, 0.4) is 0 Å². The molecule has 126 valence electrons. The van der Waals surface area contributed by atoms with Crippen LogP contribution in [0.25, 0.3) is 0 Å². The Morgan fingerprint density at radius 1 is 1.17 bits per heavy atom. The Kier molecular flexibility index (Phi) is 5.36. The first-order valence-corrected chi connectivity index (χ1v) is 7.29. The van der Waals surface area contributed by atoms with Gasteiger partial charge >= 0.3 is 0 Å². The summed E-state index contributed by atoms with van der Waals surface area (Å²) in [5.74, 6) is -0.828. The number of hydrogen-bond donors (Lipinski definition) is 3. The Morgan fingerprint density at radius 3 is 2.54 bits per heavy atom. The fourth-order valence-corrected chi connectivity index (χ4v) is 1.99. The molecule has 4 N–H and O–H groups in total. The van der Waals surface area contributed by atoms with Gasteiger partial charge in [0.05, 0.1) is 18.5 Å². The molecule has 0 saturated heterocycles. The van der Waals surface area contributed by atoms with E-state index in [0.29, 0.717) is 23.4 Å². The molecule has 0 radical (unpaired) electrons. The summed E-state index contributed by atoms with van der Waals surface area (Å²) in [4.78, 5) is 23.9. The molecule has 7 heteroatoms. The second-order valence-corrected chi connectivity index (χ2v) is 5.01. The van der Waals surface area contributed by atoms with Gasteiger partial charge in [-0.15, -0.1) is 0 Å². The van der Waals surface area contributed by atoms with Crippen LogP contribution in [0.4, 0.5) is 21.5 Å². The third-order valence-corrected chi connectivity index (χ3v) is 3.32. The van der Waals surface area contributed by atoms with E-state index in [4.69, 9.17) is 10.5 Å². The third-order valence-electron chi connectivity index (χ3n) is 3.32.